The van der Waals surface area contributed by atoms with Crippen LogP contribution in [0.15, 0.2) is 36.9 Å². The summed E-state index contributed by atoms with van der Waals surface area (Å²) in [6.07, 6.45) is -3.54. The van der Waals surface area contributed by atoms with Crippen molar-refractivity contribution < 1.29 is 27.2 Å². The first-order valence-corrected chi connectivity index (χ1v) is 7.67. The number of benzene rings is 1. The van der Waals surface area contributed by atoms with Crippen LogP contribution >= 0.6 is 7.60 Å². The van der Waals surface area contributed by atoms with Crippen molar-refractivity contribution in [2.75, 3.05) is 0 Å². The minimum Gasteiger partial charge on any atom is -0.324 e. The fourth-order valence-electron chi connectivity index (χ4n) is 1.67. The molecule has 0 fully saturated rings. The molecule has 0 heterocycles. The van der Waals surface area contributed by atoms with Crippen molar-refractivity contribution in [3.63, 3.8) is 0 Å². The lowest BCUT2D eigenvalue weighted by molar-refractivity contribution is -0.137. The summed E-state index contributed by atoms with van der Waals surface area (Å²) in [5.74, 6) is 0. The smallest absolute Gasteiger partial charge is 0.324 e. The van der Waals surface area contributed by atoms with E-state index in [9.17, 15) is 22.6 Å². The lowest BCUT2D eigenvalue weighted by Crippen LogP contribution is -2.07. The maximum Gasteiger partial charge on any atom is 0.416 e. The molecule has 3 nitrogen and oxygen atoms in total. The molecular weight excluding hydrogens is 292 g/mol. The Morgan fingerprint density at radius 1 is 1.50 bits per heavy atom. The van der Waals surface area contributed by atoms with Crippen LogP contribution in [0.3, 0.4) is 0 Å². The van der Waals surface area contributed by atoms with Crippen LogP contribution in [0.4, 0.5) is 13.2 Å². The largest absolute Gasteiger partial charge is 0.416 e. The van der Waals surface area contributed by atoms with E-state index in [0.29, 0.717) is 6.42 Å². The van der Waals surface area contributed by atoms with Crippen molar-refractivity contribution in [1.29, 1.82) is 0 Å². The highest BCUT2D eigenvalue weighted by molar-refractivity contribution is 7.51. The van der Waals surface area contributed by atoms with E-state index in [1.165, 1.54) is 18.2 Å². The topological polar surface area (TPSA) is 46.5 Å². The van der Waals surface area contributed by atoms with Gasteiger partial charge in [-0.2, -0.15) is 13.2 Å². The second-order valence-electron chi connectivity index (χ2n) is 4.43. The summed E-state index contributed by atoms with van der Waals surface area (Å²) in [5, 5.41) is 0. The van der Waals surface area contributed by atoms with Crippen LogP contribution < -0.4 is 0 Å². The van der Waals surface area contributed by atoms with E-state index in [2.05, 4.69) is 6.58 Å². The van der Waals surface area contributed by atoms with Crippen LogP contribution in [0.2, 0.25) is 0 Å². The van der Waals surface area contributed by atoms with Gasteiger partial charge in [0.15, 0.2) is 0 Å². The molecule has 0 spiro atoms. The Morgan fingerprint density at radius 2 is 2.15 bits per heavy atom. The van der Waals surface area contributed by atoms with Gasteiger partial charge in [0, 0.05) is 0 Å². The molecule has 20 heavy (non-hydrogen) atoms. The lowest BCUT2D eigenvalue weighted by atomic mass is 10.1. The average Bonchev–Trinajstić information content (AvgIpc) is 2.26. The van der Waals surface area contributed by atoms with Crippen molar-refractivity contribution in [3.05, 3.63) is 48.0 Å². The molecule has 0 bridgehead atoms. The summed E-state index contributed by atoms with van der Waals surface area (Å²) in [5.41, 5.74) is -0.745. The first kappa shape index (κ1) is 17.0. The monoisotopic (exact) mass is 308 g/mol. The summed E-state index contributed by atoms with van der Waals surface area (Å²) in [6.45, 7) is 5.07. The number of rotatable bonds is 6. The zero-order valence-corrected chi connectivity index (χ0v) is 11.8. The molecule has 0 aliphatic rings. The van der Waals surface area contributed by atoms with Gasteiger partial charge in [0.05, 0.1) is 17.8 Å². The summed E-state index contributed by atoms with van der Waals surface area (Å²) in [4.78, 5) is 9.68. The van der Waals surface area contributed by atoms with E-state index in [1.54, 1.807) is 6.92 Å². The Bertz CT molecular complexity index is 514. The van der Waals surface area contributed by atoms with Gasteiger partial charge in [0.2, 0.25) is 0 Å². The van der Waals surface area contributed by atoms with Crippen LogP contribution in [0, 0.1) is 0 Å². The molecule has 0 aliphatic heterocycles. The fraction of sp³-hybridized carbons (Fsp3) is 0.385. The lowest BCUT2D eigenvalue weighted by Gasteiger charge is -2.17. The minimum atomic E-state index is -4.48. The van der Waals surface area contributed by atoms with Gasteiger partial charge in [-0.05, 0) is 25.0 Å². The van der Waals surface area contributed by atoms with Crippen LogP contribution in [-0.4, -0.2) is 11.0 Å². The Morgan fingerprint density at radius 3 is 2.70 bits per heavy atom. The third kappa shape index (κ3) is 5.49. The first-order valence-electron chi connectivity index (χ1n) is 5.91. The van der Waals surface area contributed by atoms with Crippen LogP contribution in [0.1, 0.15) is 24.5 Å². The van der Waals surface area contributed by atoms with Crippen LogP contribution in [0.25, 0.3) is 0 Å². The predicted molar refractivity (Wildman–Crippen MR) is 70.3 cm³/mol. The standard InChI is InChI=1S/C13H16F3O3P/c1-3-5-10(2)19-20(17,18)9-11-6-4-7-12(8-11)13(14,15)16/h3-4,6-8,10H,1,5,9H2,2H3,(H,17,18). The molecule has 7 heteroatoms. The first-order chi connectivity index (χ1) is 9.14. The fourth-order valence-corrected chi connectivity index (χ4v) is 3.05. The van der Waals surface area contributed by atoms with Crippen molar-refractivity contribution in [1.82, 2.24) is 0 Å². The molecule has 1 rings (SSSR count). The highest BCUT2D eigenvalue weighted by Crippen LogP contribution is 2.47. The van der Waals surface area contributed by atoms with Crippen molar-refractivity contribution in [2.24, 2.45) is 0 Å². The molecule has 0 radical (unpaired) electrons. The van der Waals surface area contributed by atoms with Gasteiger partial charge < -0.3 is 9.42 Å². The minimum absolute atomic E-state index is 0.108. The molecule has 1 N–H and O–H groups in total. The van der Waals surface area contributed by atoms with E-state index in [4.69, 9.17) is 4.52 Å². The number of alkyl halides is 3. The van der Waals surface area contributed by atoms with Gasteiger partial charge in [0.25, 0.3) is 0 Å². The Kier molecular flexibility index (Phi) is 5.57. The zero-order chi connectivity index (χ0) is 15.4. The summed E-state index contributed by atoms with van der Waals surface area (Å²) >= 11 is 0. The van der Waals surface area contributed by atoms with Crippen LogP contribution in [0.5, 0.6) is 0 Å². The van der Waals surface area contributed by atoms with Crippen molar-refractivity contribution in [3.8, 4) is 0 Å². The van der Waals surface area contributed by atoms with E-state index < -0.39 is 31.6 Å². The molecule has 112 valence electrons. The SMILES string of the molecule is C=CCC(C)OP(=O)(O)Cc1cccc(C(F)(F)F)c1. The second kappa shape index (κ2) is 6.57. The maximum absolute atomic E-state index is 12.5. The number of halogens is 3. The Labute approximate surface area is 115 Å². The van der Waals surface area contributed by atoms with Gasteiger partial charge in [-0.15, -0.1) is 6.58 Å². The number of hydrogen-bond donors (Lipinski definition) is 1. The van der Waals surface area contributed by atoms with Crippen LogP contribution in [-0.2, 0) is 21.4 Å². The highest BCUT2D eigenvalue weighted by atomic mass is 31.2. The zero-order valence-electron chi connectivity index (χ0n) is 10.9. The molecule has 0 amide bonds. The molecule has 2 atom stereocenters. The average molecular weight is 308 g/mol. The summed E-state index contributed by atoms with van der Waals surface area (Å²) in [7, 11) is -3.99. The Hall–Kier alpha value is -1.10. The van der Waals surface area contributed by atoms with Gasteiger partial charge in [-0.25, -0.2) is 0 Å². The van der Waals surface area contributed by atoms with E-state index in [1.807, 2.05) is 0 Å². The van der Waals surface area contributed by atoms with E-state index in [0.717, 1.165) is 12.1 Å². The molecular formula is C13H16F3O3P. The van der Waals surface area contributed by atoms with Crippen molar-refractivity contribution >= 4 is 7.60 Å². The summed E-state index contributed by atoms with van der Waals surface area (Å²) < 4.78 is 54.4. The molecule has 1 aromatic carbocycles. The highest BCUT2D eigenvalue weighted by Gasteiger charge is 2.31. The third-order valence-corrected chi connectivity index (χ3v) is 3.93. The second-order valence-corrected chi connectivity index (χ2v) is 6.24. The molecule has 1 aromatic rings. The van der Waals surface area contributed by atoms with E-state index >= 15 is 0 Å². The molecule has 0 aromatic heterocycles. The Balaban J connectivity index is 2.82. The predicted octanol–water partition coefficient (Wildman–Crippen LogP) is 4.37. The molecule has 0 saturated heterocycles. The van der Waals surface area contributed by atoms with Gasteiger partial charge in [0.1, 0.15) is 0 Å². The van der Waals surface area contributed by atoms with Gasteiger partial charge in [-0.3, -0.25) is 4.57 Å². The molecule has 2 unspecified atom stereocenters. The van der Waals surface area contributed by atoms with Crippen molar-refractivity contribution in [2.45, 2.75) is 31.8 Å². The normalized spacial score (nSPS) is 16.4. The quantitative estimate of drug-likeness (QED) is 0.627. The van der Waals surface area contributed by atoms with Gasteiger partial charge >= 0.3 is 13.8 Å². The maximum atomic E-state index is 12.5. The third-order valence-electron chi connectivity index (χ3n) is 2.48. The molecule has 0 aliphatic carbocycles. The molecule has 0 saturated carbocycles. The van der Waals surface area contributed by atoms with Gasteiger partial charge in [-0.1, -0.05) is 24.3 Å². The summed E-state index contributed by atoms with van der Waals surface area (Å²) in [6, 6.07) is 4.32. The van der Waals surface area contributed by atoms with E-state index in [-0.39, 0.29) is 5.56 Å². The number of hydrogen-bond acceptors (Lipinski definition) is 2.